The molecular weight excluding hydrogens is 444 g/mol. The Labute approximate surface area is 196 Å². The fraction of sp³-hybridized carbons (Fsp3) is 0.435. The Bertz CT molecular complexity index is 1120. The summed E-state index contributed by atoms with van der Waals surface area (Å²) in [7, 11) is 1.65. The molecule has 0 spiro atoms. The van der Waals surface area contributed by atoms with Crippen LogP contribution in [-0.2, 0) is 11.3 Å². The molecule has 2 atom stereocenters. The van der Waals surface area contributed by atoms with Gasteiger partial charge in [-0.05, 0) is 30.3 Å². The molecule has 2 unspecified atom stereocenters. The van der Waals surface area contributed by atoms with Gasteiger partial charge in [0.05, 0.1) is 19.1 Å². The second-order valence-corrected chi connectivity index (χ2v) is 8.44. The van der Waals surface area contributed by atoms with Gasteiger partial charge < -0.3 is 20.1 Å². The Kier molecular flexibility index (Phi) is 6.29. The van der Waals surface area contributed by atoms with Crippen molar-refractivity contribution < 1.29 is 18.3 Å². The molecule has 1 aliphatic carbocycles. The Morgan fingerprint density at radius 3 is 2.59 bits per heavy atom. The third kappa shape index (κ3) is 4.53. The molecule has 2 N–H and O–H groups in total. The van der Waals surface area contributed by atoms with Crippen LogP contribution >= 0.6 is 0 Å². The molecule has 9 nitrogen and oxygen atoms in total. The van der Waals surface area contributed by atoms with Crippen molar-refractivity contribution in [1.82, 2.24) is 19.7 Å². The lowest BCUT2D eigenvalue weighted by atomic mass is 9.92. The summed E-state index contributed by atoms with van der Waals surface area (Å²) >= 11 is 0. The molecule has 180 valence electrons. The van der Waals surface area contributed by atoms with E-state index in [4.69, 9.17) is 15.2 Å². The van der Waals surface area contributed by atoms with Crippen molar-refractivity contribution in [3.05, 3.63) is 59.7 Å². The van der Waals surface area contributed by atoms with Gasteiger partial charge in [-0.3, -0.25) is 4.90 Å². The summed E-state index contributed by atoms with van der Waals surface area (Å²) < 4.78 is 40.1. The molecule has 0 saturated carbocycles. The molecule has 0 amide bonds. The number of rotatable bonds is 7. The van der Waals surface area contributed by atoms with Gasteiger partial charge in [0.1, 0.15) is 35.9 Å². The summed E-state index contributed by atoms with van der Waals surface area (Å²) in [6.07, 6.45) is 2.16. The quantitative estimate of drug-likeness (QED) is 0.617. The van der Waals surface area contributed by atoms with Crippen LogP contribution in [0.2, 0.25) is 0 Å². The van der Waals surface area contributed by atoms with Gasteiger partial charge in [0.15, 0.2) is 5.82 Å². The number of halogens is 2. The van der Waals surface area contributed by atoms with Crippen molar-refractivity contribution in [2.45, 2.75) is 18.5 Å². The number of ether oxygens (including phenoxy) is 2. The molecule has 5 rings (SSSR count). The standard InChI is InChI=1S/C23H27F2N7O2/c1-33-10-11-34-17-4-2-16(3-5-17)31-8-6-30(7-9-31)14-20-27-22-18-12-15(24)13-19(25)21(18)28-23(26)32(22)29-20/h2-5,12-13,18,21H,6-11,14H2,1H3,(H2,26,28). The molecule has 2 aliphatic heterocycles. The van der Waals surface area contributed by atoms with Crippen LogP contribution in [0.15, 0.2) is 53.1 Å². The molecule has 0 bridgehead atoms. The van der Waals surface area contributed by atoms with E-state index in [1.165, 1.54) is 10.8 Å². The molecule has 2 aromatic rings. The second-order valence-electron chi connectivity index (χ2n) is 8.44. The summed E-state index contributed by atoms with van der Waals surface area (Å²) in [5.74, 6) is -0.0977. The highest BCUT2D eigenvalue weighted by atomic mass is 19.1. The number of hydrogen-bond donors (Lipinski definition) is 1. The number of aromatic nitrogens is 3. The number of allylic oxidation sites excluding steroid dienone is 2. The molecule has 3 aliphatic rings. The van der Waals surface area contributed by atoms with E-state index in [9.17, 15) is 8.78 Å². The minimum Gasteiger partial charge on any atom is -0.491 e. The smallest absolute Gasteiger partial charge is 0.219 e. The summed E-state index contributed by atoms with van der Waals surface area (Å²) in [5, 5.41) is 4.46. The van der Waals surface area contributed by atoms with Crippen molar-refractivity contribution in [3.63, 3.8) is 0 Å². The summed E-state index contributed by atoms with van der Waals surface area (Å²) in [6.45, 7) is 4.98. The maximum Gasteiger partial charge on any atom is 0.219 e. The lowest BCUT2D eigenvalue weighted by molar-refractivity contribution is 0.146. The van der Waals surface area contributed by atoms with Crippen molar-refractivity contribution in [2.75, 3.05) is 51.4 Å². The summed E-state index contributed by atoms with van der Waals surface area (Å²) in [6, 6.07) is 7.18. The summed E-state index contributed by atoms with van der Waals surface area (Å²) in [4.78, 5) is 13.3. The number of benzene rings is 1. The fourth-order valence-corrected chi connectivity index (χ4v) is 4.43. The van der Waals surface area contributed by atoms with Crippen molar-refractivity contribution >= 4 is 11.6 Å². The zero-order chi connectivity index (χ0) is 23.7. The van der Waals surface area contributed by atoms with E-state index in [1.807, 2.05) is 12.1 Å². The van der Waals surface area contributed by atoms with E-state index < -0.39 is 23.6 Å². The number of piperazine rings is 1. The molecular formula is C23H27F2N7O2. The number of hydrogen-bond acceptors (Lipinski definition) is 8. The SMILES string of the molecule is COCCOc1ccc(N2CCN(Cc3nc4n(n3)C(N)=NC3C(F)=CC(F)=CC43)CC2)cc1. The predicted octanol–water partition coefficient (Wildman–Crippen LogP) is 1.97. The predicted molar refractivity (Wildman–Crippen MR) is 123 cm³/mol. The maximum atomic E-state index is 14.2. The Morgan fingerprint density at radius 2 is 1.85 bits per heavy atom. The first-order valence-corrected chi connectivity index (χ1v) is 11.2. The van der Waals surface area contributed by atoms with Gasteiger partial charge in [-0.15, -0.1) is 5.10 Å². The third-order valence-corrected chi connectivity index (χ3v) is 6.20. The van der Waals surface area contributed by atoms with E-state index in [0.717, 1.165) is 43.7 Å². The number of nitrogens with two attached hydrogens (primary N) is 1. The normalized spacial score (nSPS) is 22.4. The van der Waals surface area contributed by atoms with E-state index in [2.05, 4.69) is 37.0 Å². The van der Waals surface area contributed by atoms with E-state index in [-0.39, 0.29) is 5.96 Å². The zero-order valence-corrected chi connectivity index (χ0v) is 18.9. The Balaban J connectivity index is 1.20. The van der Waals surface area contributed by atoms with Crippen LogP contribution in [0.1, 0.15) is 17.6 Å². The second kappa shape index (κ2) is 9.51. The minimum absolute atomic E-state index is 0.0636. The topological polar surface area (TPSA) is 94.0 Å². The number of aliphatic imine (C=N–C) groups is 1. The Hall–Kier alpha value is -3.31. The van der Waals surface area contributed by atoms with Gasteiger partial charge in [-0.1, -0.05) is 0 Å². The van der Waals surface area contributed by atoms with Gasteiger partial charge in [0.25, 0.3) is 0 Å². The molecule has 34 heavy (non-hydrogen) atoms. The minimum atomic E-state index is -0.885. The lowest BCUT2D eigenvalue weighted by Crippen LogP contribution is -2.46. The first-order chi connectivity index (χ1) is 16.5. The van der Waals surface area contributed by atoms with Crippen LogP contribution in [0.4, 0.5) is 14.5 Å². The monoisotopic (exact) mass is 471 g/mol. The van der Waals surface area contributed by atoms with Crippen LogP contribution in [0.3, 0.4) is 0 Å². The average molecular weight is 472 g/mol. The third-order valence-electron chi connectivity index (χ3n) is 6.20. The Morgan fingerprint density at radius 1 is 1.09 bits per heavy atom. The van der Waals surface area contributed by atoms with E-state index in [1.54, 1.807) is 7.11 Å². The average Bonchev–Trinajstić information content (AvgIpc) is 3.26. The van der Waals surface area contributed by atoms with Gasteiger partial charge in [0.2, 0.25) is 5.96 Å². The van der Waals surface area contributed by atoms with Gasteiger partial charge >= 0.3 is 0 Å². The van der Waals surface area contributed by atoms with E-state index >= 15 is 0 Å². The highest BCUT2D eigenvalue weighted by molar-refractivity contribution is 5.82. The van der Waals surface area contributed by atoms with Crippen LogP contribution in [-0.4, -0.2) is 78.2 Å². The van der Waals surface area contributed by atoms with Crippen molar-refractivity contribution in [1.29, 1.82) is 0 Å². The first kappa shape index (κ1) is 22.5. The molecule has 0 radical (unpaired) electrons. The van der Waals surface area contributed by atoms with Crippen molar-refractivity contribution in [3.8, 4) is 5.75 Å². The lowest BCUT2D eigenvalue weighted by Gasteiger charge is -2.35. The van der Waals surface area contributed by atoms with Crippen molar-refractivity contribution in [2.24, 2.45) is 10.7 Å². The van der Waals surface area contributed by atoms with Gasteiger partial charge in [0, 0.05) is 45.1 Å². The largest absolute Gasteiger partial charge is 0.491 e. The first-order valence-electron chi connectivity index (χ1n) is 11.2. The van der Waals surface area contributed by atoms with Crippen LogP contribution < -0.4 is 15.4 Å². The van der Waals surface area contributed by atoms with Gasteiger partial charge in [-0.2, -0.15) is 4.68 Å². The van der Waals surface area contributed by atoms with Crippen LogP contribution in [0, 0.1) is 0 Å². The summed E-state index contributed by atoms with van der Waals surface area (Å²) in [5.41, 5.74) is 7.13. The molecule has 1 fully saturated rings. The maximum absolute atomic E-state index is 14.2. The highest BCUT2D eigenvalue weighted by Crippen LogP contribution is 2.36. The molecule has 11 heteroatoms. The number of nitrogens with zero attached hydrogens (tertiary/aromatic N) is 6. The number of methoxy groups -OCH3 is 1. The molecule has 1 aromatic heterocycles. The number of anilines is 1. The molecule has 1 saturated heterocycles. The van der Waals surface area contributed by atoms with E-state index in [0.29, 0.717) is 31.4 Å². The van der Waals surface area contributed by atoms with Gasteiger partial charge in [-0.25, -0.2) is 18.8 Å². The fourth-order valence-electron chi connectivity index (χ4n) is 4.43. The molecule has 1 aromatic carbocycles. The zero-order valence-electron chi connectivity index (χ0n) is 18.9. The van der Waals surface area contributed by atoms with Crippen LogP contribution in [0.5, 0.6) is 5.75 Å². The highest BCUT2D eigenvalue weighted by Gasteiger charge is 2.37. The van der Waals surface area contributed by atoms with Crippen LogP contribution in [0.25, 0.3) is 0 Å². The molecule has 3 heterocycles. The number of fused-ring (bicyclic) bond motifs is 3.